The molecule has 1 saturated carbocycles. The standard InChI is InChI=1S/C29H34FN3O5S.C26H29N5O3S.C26H36N4O3S.C24H23F3N4O4S/c1-18(2)17-38-22-13-20(12-21(30)14-22)24-11-10-23(27(31-24)33-16-19(3)15-29(33,4)5)28(35)32-39(36,37)26-9-7-6-8-25(26)34;1-18-14-26(2,3)31(15-18)24-21(10-7-13-27-24)25(32)29-35(33,34)23-12-6-11-22(28-23)30-16-19-8-4-5-9-20(19)17-30;1-16-10-17(2)12-19(11-16)23-9-8-22(24(28-23)30-15-18(3)14-26(30,4)5)25(31)29-34(32,33)21-7-6-20(27)13-21;1-13-11-24(2,3)31(12-13)21-15(22(32)30-36(34,35)19-5-4-8-28-23(19)33)6-7-18(29-21)16-9-14(25)10-17(26)20(16)27/h6-14,18-19,34H,15-17H2,1-5H3,(H,32,35);4-13,18H,14-17H2,1-3H3,(H,29,32);8-12,18,20-21H,6-7,13-15,27H2,1-5H3,(H,29,31);4-10,13H,11-12H2,1-3H3,(H,28,33)(H,30,32)/t19-;;18-,20-,21?;13-/m0.00/s1. The summed E-state index contributed by atoms with van der Waals surface area (Å²) >= 11 is 0. The molecule has 6 aliphatic rings. The second-order valence-corrected chi connectivity index (χ2v) is 48.2. The van der Waals surface area contributed by atoms with Crippen molar-refractivity contribution < 1.29 is 80.3 Å². The van der Waals surface area contributed by atoms with E-state index in [-0.39, 0.29) is 73.3 Å². The van der Waals surface area contributed by atoms with E-state index in [1.165, 1.54) is 84.1 Å². The van der Waals surface area contributed by atoms with Gasteiger partial charge in [-0.3, -0.25) is 24.0 Å². The number of amides is 4. The Morgan fingerprint density at radius 3 is 1.43 bits per heavy atom. The third kappa shape index (κ3) is 24.4. The van der Waals surface area contributed by atoms with E-state index in [0.29, 0.717) is 123 Å². The van der Waals surface area contributed by atoms with Gasteiger partial charge in [0.1, 0.15) is 57.1 Å². The first-order chi connectivity index (χ1) is 67.6. The lowest BCUT2D eigenvalue weighted by Gasteiger charge is -2.34. The van der Waals surface area contributed by atoms with Crippen LogP contribution in [0.15, 0.2) is 208 Å². The van der Waals surface area contributed by atoms with Crippen molar-refractivity contribution >= 4 is 92.8 Å². The summed E-state index contributed by atoms with van der Waals surface area (Å²) in [7, 11) is -16.9. The molecule has 17 rings (SSSR count). The molecule has 11 aromatic rings. The van der Waals surface area contributed by atoms with Crippen LogP contribution in [-0.2, 0) is 53.2 Å². The van der Waals surface area contributed by atoms with Gasteiger partial charge in [-0.15, -0.1) is 0 Å². The Hall–Kier alpha value is -13.2. The predicted octanol–water partition coefficient (Wildman–Crippen LogP) is 16.6. The van der Waals surface area contributed by atoms with E-state index in [4.69, 9.17) is 20.4 Å². The summed E-state index contributed by atoms with van der Waals surface area (Å²) in [6.45, 7) is 37.1. The van der Waals surface area contributed by atoms with Crippen molar-refractivity contribution in [3.05, 3.63) is 266 Å². The summed E-state index contributed by atoms with van der Waals surface area (Å²) in [4.78, 5) is 99.2. The number of H-pyrrole nitrogens is 1. The fourth-order valence-corrected chi connectivity index (χ4v) is 24.8. The molecule has 0 radical (unpaired) electrons. The number of aromatic amines is 1. The summed E-state index contributed by atoms with van der Waals surface area (Å²) in [5.74, 6) is -4.14. The number of phenols is 1. The van der Waals surface area contributed by atoms with Crippen LogP contribution in [0.3, 0.4) is 0 Å². The first kappa shape index (κ1) is 107. The van der Waals surface area contributed by atoms with Gasteiger partial charge >= 0.3 is 0 Å². The van der Waals surface area contributed by atoms with Crippen LogP contribution >= 0.6 is 0 Å². The van der Waals surface area contributed by atoms with E-state index >= 15 is 0 Å². The number of phenolic OH excluding ortho intramolecular Hbond substituents is 1. The molecule has 0 bridgehead atoms. The fourth-order valence-electron chi connectivity index (χ4n) is 20.3. The molecular formula is C105H122F4N16O15S4. The smallest absolute Gasteiger partial charge is 0.281 e. The number of fused-ring (bicyclic) bond motifs is 1. The third-order valence-corrected chi connectivity index (χ3v) is 32.1. The number of nitrogens with one attached hydrogen (secondary N) is 5. The maximum atomic E-state index is 14.5. The van der Waals surface area contributed by atoms with Gasteiger partial charge in [0, 0.05) is 109 Å². The van der Waals surface area contributed by atoms with E-state index < -0.39 is 124 Å². The number of nitrogens with zero attached hydrogens (tertiary/aromatic N) is 10. The van der Waals surface area contributed by atoms with Crippen molar-refractivity contribution in [3.63, 3.8) is 0 Å². The van der Waals surface area contributed by atoms with Crippen LogP contribution < -0.4 is 59.4 Å². The Morgan fingerprint density at radius 2 is 0.944 bits per heavy atom. The second-order valence-electron chi connectivity index (χ2n) is 41.3. The van der Waals surface area contributed by atoms with Gasteiger partial charge in [0.2, 0.25) is 10.0 Å². The minimum Gasteiger partial charge on any atom is -0.507 e. The number of ether oxygens (including phenoxy) is 1. The zero-order chi connectivity index (χ0) is 105. The lowest BCUT2D eigenvalue weighted by Crippen LogP contribution is -2.42. The molecule has 5 aliphatic heterocycles. The van der Waals surface area contributed by atoms with Gasteiger partial charge in [-0.05, 0) is 270 Å². The maximum absolute atomic E-state index is 14.5. The van der Waals surface area contributed by atoms with E-state index in [1.54, 1.807) is 59.6 Å². The van der Waals surface area contributed by atoms with E-state index in [0.717, 1.165) is 66.9 Å². The van der Waals surface area contributed by atoms with Gasteiger partial charge in [-0.2, -0.15) is 8.42 Å². The Morgan fingerprint density at radius 1 is 0.493 bits per heavy atom. The molecular weight excluding hydrogens is 1930 g/mol. The van der Waals surface area contributed by atoms with Gasteiger partial charge in [-0.25, -0.2) is 86.6 Å². The molecule has 5 fully saturated rings. The normalized spacial score (nSPS) is 19.3. The van der Waals surface area contributed by atoms with Gasteiger partial charge in [0.25, 0.3) is 59.3 Å². The molecule has 6 aromatic heterocycles. The minimum atomic E-state index is -4.55. The van der Waals surface area contributed by atoms with Crippen LogP contribution in [0.5, 0.6) is 11.5 Å². The number of aromatic hydroxyl groups is 1. The van der Waals surface area contributed by atoms with E-state index in [1.807, 2.05) is 89.0 Å². The molecule has 11 heterocycles. The molecule has 5 aromatic carbocycles. The molecule has 6 atom stereocenters. The zero-order valence-electron chi connectivity index (χ0n) is 83.2. The summed E-state index contributed by atoms with van der Waals surface area (Å²) in [6.07, 6.45) is 7.82. The number of halogens is 4. The summed E-state index contributed by atoms with van der Waals surface area (Å²) < 4.78 is 174. The van der Waals surface area contributed by atoms with Crippen LogP contribution in [0.1, 0.15) is 206 Å². The lowest BCUT2D eigenvalue weighted by atomic mass is 9.97. The average molecular weight is 2050 g/mol. The molecule has 764 valence electrons. The van der Waals surface area contributed by atoms with E-state index in [9.17, 15) is 80.3 Å². The number of aromatic nitrogens is 6. The summed E-state index contributed by atoms with van der Waals surface area (Å²) in [6, 6.07) is 44.5. The fraction of sp³-hybridized carbons (Fsp3) is 0.390. The maximum Gasteiger partial charge on any atom is 0.281 e. The highest BCUT2D eigenvalue weighted by Gasteiger charge is 2.46. The topological polar surface area (TPSA) is 422 Å². The summed E-state index contributed by atoms with van der Waals surface area (Å²) in [5, 5.41) is 9.21. The van der Waals surface area contributed by atoms with Crippen LogP contribution in [0.4, 0.5) is 46.7 Å². The third-order valence-electron chi connectivity index (χ3n) is 26.4. The predicted molar refractivity (Wildman–Crippen MR) is 545 cm³/mol. The highest BCUT2D eigenvalue weighted by atomic mass is 32.2. The number of carbonyl (C=O) groups is 4. The number of anilines is 5. The molecule has 2 unspecified atom stereocenters. The highest BCUT2D eigenvalue weighted by Crippen LogP contribution is 2.45. The van der Waals surface area contributed by atoms with Gasteiger partial charge in [0.05, 0.1) is 51.2 Å². The highest BCUT2D eigenvalue weighted by molar-refractivity contribution is 7.91. The molecule has 39 heteroatoms. The second kappa shape index (κ2) is 42.2. The Balaban J connectivity index is 0.000000152. The monoisotopic (exact) mass is 2050 g/mol. The molecule has 4 amide bonds. The number of hydrogen-bond acceptors (Lipinski definition) is 26. The van der Waals surface area contributed by atoms with Crippen molar-refractivity contribution in [2.75, 3.05) is 57.3 Å². The van der Waals surface area contributed by atoms with Crippen LogP contribution in [0.2, 0.25) is 0 Å². The van der Waals surface area contributed by atoms with Crippen molar-refractivity contribution in [2.45, 2.75) is 217 Å². The number of pyridine rings is 6. The molecule has 1 aliphatic carbocycles. The van der Waals surface area contributed by atoms with Crippen LogP contribution in [0.25, 0.3) is 33.8 Å². The number of carbonyl (C=O) groups excluding carboxylic acids is 4. The number of benzene rings is 5. The van der Waals surface area contributed by atoms with Crippen LogP contribution in [0, 0.1) is 66.7 Å². The number of rotatable bonds is 23. The van der Waals surface area contributed by atoms with Crippen molar-refractivity contribution in [2.24, 2.45) is 35.3 Å². The average Bonchev–Trinajstić information content (AvgIpc) is 1.56. The van der Waals surface area contributed by atoms with Gasteiger partial charge in [0.15, 0.2) is 21.6 Å². The number of para-hydroxylation sites is 1. The molecule has 31 nitrogen and oxygen atoms in total. The first-order valence-corrected chi connectivity index (χ1v) is 53.6. The largest absolute Gasteiger partial charge is 0.507 e. The van der Waals surface area contributed by atoms with Crippen molar-refractivity contribution in [1.82, 2.24) is 48.8 Å². The SMILES string of the molecule is CC(C)COc1cc(F)cc(-c2ccc(C(=O)NS(=O)(=O)c3ccccc3O)c(N3C[C@@H](C)CC3(C)C)n2)c1.CC1CN(c2ncccc2C(=O)NS(=O)(=O)c2cccc(N3Cc4ccccc4C3)n2)C(C)(C)C1.C[C@@H]1CN(c2nc(-c3cc(F)cc(F)c3F)ccc2C(=O)NS(=O)(=O)c2ccc[nH]c2=O)C(C)(C)C1.Cc1cc(C)cc(-c2ccc(C(=O)NS(=O)(=O)C3CC[C@H](N)C3)c(N3C[C@@H](C)CC3(C)C)n2)c1. The number of aryl methyl sites for hydroxylation is 2. The Kier molecular flexibility index (Phi) is 31.2. The quantitative estimate of drug-likeness (QED) is 0.0231. The lowest BCUT2D eigenvalue weighted by molar-refractivity contribution is 0.0972. The Labute approximate surface area is 837 Å². The van der Waals surface area contributed by atoms with Crippen molar-refractivity contribution in [1.29, 1.82) is 0 Å². The first-order valence-electron chi connectivity index (χ1n) is 47.6. The van der Waals surface area contributed by atoms with Crippen molar-refractivity contribution in [3.8, 4) is 45.3 Å². The van der Waals surface area contributed by atoms with Crippen LogP contribution in [-0.4, -0.2) is 159 Å². The Bertz CT molecular complexity index is 7280. The summed E-state index contributed by atoms with van der Waals surface area (Å²) in [5.41, 5.74) is 10.8. The molecule has 0 spiro atoms. The van der Waals surface area contributed by atoms with Gasteiger partial charge < -0.3 is 45.1 Å². The minimum absolute atomic E-state index is 0.0144. The van der Waals surface area contributed by atoms with E-state index in [2.05, 4.69) is 123 Å². The molecule has 144 heavy (non-hydrogen) atoms. The molecule has 8 N–H and O–H groups in total. The van der Waals surface area contributed by atoms with Gasteiger partial charge in [-0.1, -0.05) is 101 Å². The number of hydrogen-bond donors (Lipinski definition) is 7. The molecule has 4 saturated heterocycles. The number of sulfonamides is 4. The zero-order valence-corrected chi connectivity index (χ0v) is 86.5. The number of nitrogens with two attached hydrogens (primary N) is 1.